The Hall–Kier alpha value is -1.38. The highest BCUT2D eigenvalue weighted by Crippen LogP contribution is 2.51. The van der Waals surface area contributed by atoms with Gasteiger partial charge in [0.05, 0.1) is 5.41 Å². The van der Waals surface area contributed by atoms with Crippen LogP contribution in [0.15, 0.2) is 24.3 Å². The first-order valence-electron chi connectivity index (χ1n) is 7.21. The number of halogens is 1. The molecule has 2 nitrogen and oxygen atoms in total. The van der Waals surface area contributed by atoms with Gasteiger partial charge in [-0.25, -0.2) is 4.39 Å². The van der Waals surface area contributed by atoms with E-state index < -0.39 is 5.41 Å². The van der Waals surface area contributed by atoms with Crippen molar-refractivity contribution < 1.29 is 9.18 Å². The minimum absolute atomic E-state index is 0.143. The summed E-state index contributed by atoms with van der Waals surface area (Å²) < 4.78 is 14.0. The monoisotopic (exact) mass is 261 g/mol. The predicted molar refractivity (Wildman–Crippen MR) is 72.3 cm³/mol. The maximum atomic E-state index is 14.0. The molecular formula is C16H20FNO. The molecule has 0 N–H and O–H groups in total. The van der Waals surface area contributed by atoms with Gasteiger partial charge in [-0.3, -0.25) is 4.79 Å². The topological polar surface area (TPSA) is 20.3 Å². The standard InChI is InChI=1S/C16H20FNO/c1-12-6-4-5-11-18(12)15(19)16(9-10-16)13-7-2-3-8-14(13)17/h2-3,7-8,12H,4-6,9-11H2,1H3. The number of rotatable bonds is 2. The van der Waals surface area contributed by atoms with Crippen molar-refractivity contribution in [3.05, 3.63) is 35.6 Å². The number of hydrogen-bond donors (Lipinski definition) is 0. The van der Waals surface area contributed by atoms with E-state index in [0.717, 1.165) is 32.2 Å². The lowest BCUT2D eigenvalue weighted by molar-refractivity contribution is -0.137. The van der Waals surface area contributed by atoms with Crippen LogP contribution in [0.25, 0.3) is 0 Å². The number of piperidine rings is 1. The second-order valence-electron chi connectivity index (χ2n) is 5.91. The van der Waals surface area contributed by atoms with Crippen molar-refractivity contribution in [2.24, 2.45) is 0 Å². The van der Waals surface area contributed by atoms with Crippen molar-refractivity contribution in [2.75, 3.05) is 6.54 Å². The highest BCUT2D eigenvalue weighted by molar-refractivity contribution is 5.91. The predicted octanol–water partition coefficient (Wildman–Crippen LogP) is 3.26. The molecular weight excluding hydrogens is 241 g/mol. The molecule has 1 heterocycles. The van der Waals surface area contributed by atoms with E-state index in [1.165, 1.54) is 12.5 Å². The van der Waals surface area contributed by atoms with Gasteiger partial charge < -0.3 is 4.90 Å². The maximum absolute atomic E-state index is 14.0. The summed E-state index contributed by atoms with van der Waals surface area (Å²) in [6.45, 7) is 2.94. The molecule has 0 spiro atoms. The van der Waals surface area contributed by atoms with E-state index in [0.29, 0.717) is 11.6 Å². The second kappa shape index (κ2) is 4.62. The number of carbonyl (C=O) groups excluding carboxylic acids is 1. The van der Waals surface area contributed by atoms with Gasteiger partial charge in [0.15, 0.2) is 0 Å². The summed E-state index contributed by atoms with van der Waals surface area (Å²) in [6, 6.07) is 7.04. The van der Waals surface area contributed by atoms with Crippen molar-refractivity contribution >= 4 is 5.91 Å². The molecule has 1 aliphatic carbocycles. The first kappa shape index (κ1) is 12.6. The van der Waals surface area contributed by atoms with Gasteiger partial charge in [-0.05, 0) is 45.1 Å². The van der Waals surface area contributed by atoms with Gasteiger partial charge in [0.1, 0.15) is 5.82 Å². The Labute approximate surface area is 113 Å². The van der Waals surface area contributed by atoms with E-state index in [4.69, 9.17) is 0 Å². The first-order valence-corrected chi connectivity index (χ1v) is 7.21. The zero-order valence-electron chi connectivity index (χ0n) is 11.4. The number of likely N-dealkylation sites (tertiary alicyclic amines) is 1. The number of amides is 1. The SMILES string of the molecule is CC1CCCCN1C(=O)C1(c2ccccc2F)CC1. The Bertz CT molecular complexity index is 495. The molecule has 1 saturated heterocycles. The Balaban J connectivity index is 1.89. The molecule has 1 saturated carbocycles. The van der Waals surface area contributed by atoms with Gasteiger partial charge >= 0.3 is 0 Å². The van der Waals surface area contributed by atoms with Crippen molar-refractivity contribution in [1.29, 1.82) is 0 Å². The average molecular weight is 261 g/mol. The normalized spacial score (nSPS) is 25.2. The quantitative estimate of drug-likeness (QED) is 0.800. The number of carbonyl (C=O) groups is 1. The molecule has 3 heteroatoms. The molecule has 1 amide bonds. The molecule has 1 aliphatic heterocycles. The molecule has 1 unspecified atom stereocenters. The lowest BCUT2D eigenvalue weighted by Crippen LogP contribution is -2.47. The lowest BCUT2D eigenvalue weighted by atomic mass is 9.91. The van der Waals surface area contributed by atoms with Gasteiger partial charge in [-0.2, -0.15) is 0 Å². The van der Waals surface area contributed by atoms with Crippen LogP contribution in [0.5, 0.6) is 0 Å². The average Bonchev–Trinajstić information content (AvgIpc) is 3.20. The number of benzene rings is 1. The minimum Gasteiger partial charge on any atom is -0.339 e. The third-order valence-electron chi connectivity index (χ3n) is 4.61. The third-order valence-corrected chi connectivity index (χ3v) is 4.61. The van der Waals surface area contributed by atoms with Crippen LogP contribution in [-0.4, -0.2) is 23.4 Å². The summed E-state index contributed by atoms with van der Waals surface area (Å²) >= 11 is 0. The lowest BCUT2D eigenvalue weighted by Gasteiger charge is -2.36. The van der Waals surface area contributed by atoms with E-state index in [1.54, 1.807) is 12.1 Å². The Morgan fingerprint density at radius 2 is 2.05 bits per heavy atom. The fraction of sp³-hybridized carbons (Fsp3) is 0.562. The van der Waals surface area contributed by atoms with Gasteiger partial charge in [-0.1, -0.05) is 18.2 Å². The molecule has 0 radical (unpaired) electrons. The van der Waals surface area contributed by atoms with E-state index in [9.17, 15) is 9.18 Å². The van der Waals surface area contributed by atoms with E-state index in [-0.39, 0.29) is 11.7 Å². The van der Waals surface area contributed by atoms with Gasteiger partial charge in [0, 0.05) is 18.2 Å². The van der Waals surface area contributed by atoms with Crippen molar-refractivity contribution in [3.63, 3.8) is 0 Å². The Kier molecular flexibility index (Phi) is 3.08. The van der Waals surface area contributed by atoms with E-state index in [1.807, 2.05) is 11.0 Å². The smallest absolute Gasteiger partial charge is 0.233 e. The van der Waals surface area contributed by atoms with Gasteiger partial charge in [-0.15, -0.1) is 0 Å². The highest BCUT2D eigenvalue weighted by atomic mass is 19.1. The Morgan fingerprint density at radius 1 is 1.32 bits per heavy atom. The van der Waals surface area contributed by atoms with Crippen LogP contribution >= 0.6 is 0 Å². The third kappa shape index (κ3) is 2.05. The summed E-state index contributed by atoms with van der Waals surface area (Å²) in [5, 5.41) is 0. The molecule has 1 atom stereocenters. The summed E-state index contributed by atoms with van der Waals surface area (Å²) in [5.74, 6) is -0.0946. The zero-order chi connectivity index (χ0) is 13.5. The molecule has 102 valence electrons. The maximum Gasteiger partial charge on any atom is 0.233 e. The number of hydrogen-bond acceptors (Lipinski definition) is 1. The molecule has 1 aromatic carbocycles. The largest absolute Gasteiger partial charge is 0.339 e. The van der Waals surface area contributed by atoms with Crippen molar-refractivity contribution in [1.82, 2.24) is 4.90 Å². The van der Waals surface area contributed by atoms with Crippen LogP contribution in [0.4, 0.5) is 4.39 Å². The zero-order valence-corrected chi connectivity index (χ0v) is 11.4. The molecule has 0 bridgehead atoms. The fourth-order valence-electron chi connectivity index (χ4n) is 3.25. The molecule has 2 aliphatic rings. The summed E-state index contributed by atoms with van der Waals surface area (Å²) in [4.78, 5) is 14.8. The summed E-state index contributed by atoms with van der Waals surface area (Å²) in [5.41, 5.74) is 0.0366. The van der Waals surface area contributed by atoms with Crippen LogP contribution in [0.1, 0.15) is 44.6 Å². The van der Waals surface area contributed by atoms with Crippen LogP contribution in [0.3, 0.4) is 0 Å². The van der Waals surface area contributed by atoms with Crippen molar-refractivity contribution in [3.8, 4) is 0 Å². The molecule has 1 aromatic rings. The van der Waals surface area contributed by atoms with E-state index >= 15 is 0 Å². The minimum atomic E-state index is -0.559. The van der Waals surface area contributed by atoms with Crippen molar-refractivity contribution in [2.45, 2.75) is 50.5 Å². The molecule has 2 fully saturated rings. The molecule has 19 heavy (non-hydrogen) atoms. The van der Waals surface area contributed by atoms with Gasteiger partial charge in [0.25, 0.3) is 0 Å². The first-order chi connectivity index (χ1) is 9.15. The summed E-state index contributed by atoms with van der Waals surface area (Å²) in [6.07, 6.45) is 4.91. The van der Waals surface area contributed by atoms with Crippen LogP contribution in [-0.2, 0) is 10.2 Å². The second-order valence-corrected chi connectivity index (χ2v) is 5.91. The summed E-state index contributed by atoms with van der Waals surface area (Å²) in [7, 11) is 0. The molecule has 0 aromatic heterocycles. The van der Waals surface area contributed by atoms with E-state index in [2.05, 4.69) is 6.92 Å². The molecule has 3 rings (SSSR count). The van der Waals surface area contributed by atoms with Crippen LogP contribution in [0.2, 0.25) is 0 Å². The fourth-order valence-corrected chi connectivity index (χ4v) is 3.25. The highest BCUT2D eigenvalue weighted by Gasteiger charge is 2.54. The van der Waals surface area contributed by atoms with Gasteiger partial charge in [0.2, 0.25) is 5.91 Å². The van der Waals surface area contributed by atoms with Crippen LogP contribution < -0.4 is 0 Å². The number of nitrogens with zero attached hydrogens (tertiary/aromatic N) is 1. The Morgan fingerprint density at radius 3 is 2.68 bits per heavy atom. The van der Waals surface area contributed by atoms with Crippen LogP contribution in [0, 0.1) is 5.82 Å².